The van der Waals surface area contributed by atoms with Crippen molar-refractivity contribution in [3.05, 3.63) is 64.2 Å². The third-order valence-electron chi connectivity index (χ3n) is 3.30. The number of aryl methyl sites for hydroxylation is 1. The average Bonchev–Trinajstić information content (AvgIpc) is 2.48. The van der Waals surface area contributed by atoms with Gasteiger partial charge in [-0.2, -0.15) is 0 Å². The zero-order valence-corrected chi connectivity index (χ0v) is 12.7. The number of halogens is 1. The number of rotatable bonds is 7. The van der Waals surface area contributed by atoms with Crippen molar-refractivity contribution in [2.24, 2.45) is 0 Å². The molecule has 21 heavy (non-hydrogen) atoms. The van der Waals surface area contributed by atoms with Gasteiger partial charge in [0.2, 0.25) is 6.41 Å². The van der Waals surface area contributed by atoms with Gasteiger partial charge in [-0.1, -0.05) is 35.9 Å². The monoisotopic (exact) mass is 303 g/mol. The second-order valence-electron chi connectivity index (χ2n) is 4.79. The van der Waals surface area contributed by atoms with E-state index in [1.807, 2.05) is 49.4 Å². The van der Waals surface area contributed by atoms with Crippen LogP contribution in [-0.2, 0) is 17.8 Å². The van der Waals surface area contributed by atoms with Crippen molar-refractivity contribution in [2.45, 2.75) is 20.0 Å². The maximum atomic E-state index is 10.2. The van der Waals surface area contributed by atoms with Crippen LogP contribution in [0.2, 0.25) is 5.02 Å². The Labute approximate surface area is 129 Å². The van der Waals surface area contributed by atoms with Crippen molar-refractivity contribution in [3.8, 4) is 5.75 Å². The summed E-state index contributed by atoms with van der Waals surface area (Å²) in [6, 6.07) is 13.7. The van der Waals surface area contributed by atoms with E-state index in [1.165, 1.54) is 0 Å². The highest BCUT2D eigenvalue weighted by Gasteiger charge is 2.04. The summed E-state index contributed by atoms with van der Waals surface area (Å²) in [5.74, 6) is 0.807. The fraction of sp³-hybridized carbons (Fsp3) is 0.235. The van der Waals surface area contributed by atoms with Gasteiger partial charge in [-0.05, 0) is 42.7 Å². The molecule has 0 saturated carbocycles. The zero-order chi connectivity index (χ0) is 15.1. The predicted octanol–water partition coefficient (Wildman–Crippen LogP) is 3.52. The summed E-state index contributed by atoms with van der Waals surface area (Å²) < 4.78 is 5.78. The minimum Gasteiger partial charge on any atom is -0.489 e. The molecule has 0 heterocycles. The zero-order valence-electron chi connectivity index (χ0n) is 11.9. The van der Waals surface area contributed by atoms with E-state index in [9.17, 15) is 4.79 Å². The number of benzene rings is 2. The minimum atomic E-state index is 0.456. The first-order valence-electron chi connectivity index (χ1n) is 6.83. The molecule has 0 bridgehead atoms. The van der Waals surface area contributed by atoms with Crippen molar-refractivity contribution in [1.82, 2.24) is 5.32 Å². The first-order valence-corrected chi connectivity index (χ1v) is 7.21. The summed E-state index contributed by atoms with van der Waals surface area (Å²) in [6.45, 7) is 3.12. The van der Waals surface area contributed by atoms with Crippen LogP contribution in [0.25, 0.3) is 0 Å². The summed E-state index contributed by atoms with van der Waals surface area (Å²) in [5, 5.41) is 3.37. The maximum absolute atomic E-state index is 10.2. The molecule has 0 atom stereocenters. The normalized spacial score (nSPS) is 10.2. The van der Waals surface area contributed by atoms with Crippen molar-refractivity contribution in [3.63, 3.8) is 0 Å². The summed E-state index contributed by atoms with van der Waals surface area (Å²) >= 11 is 6.18. The van der Waals surface area contributed by atoms with Gasteiger partial charge in [-0.25, -0.2) is 0 Å². The van der Waals surface area contributed by atoms with Crippen LogP contribution in [-0.4, -0.2) is 13.0 Å². The lowest BCUT2D eigenvalue weighted by Gasteiger charge is -2.11. The van der Waals surface area contributed by atoms with Crippen LogP contribution in [0.15, 0.2) is 42.5 Å². The second-order valence-corrected chi connectivity index (χ2v) is 5.20. The van der Waals surface area contributed by atoms with Crippen molar-refractivity contribution >= 4 is 18.0 Å². The Hall–Kier alpha value is -2.00. The summed E-state index contributed by atoms with van der Waals surface area (Å²) in [7, 11) is 0. The Kier molecular flexibility index (Phi) is 5.64. The van der Waals surface area contributed by atoms with Gasteiger partial charge < -0.3 is 10.1 Å². The van der Waals surface area contributed by atoms with Crippen LogP contribution in [0, 0.1) is 6.92 Å². The molecule has 0 saturated heterocycles. The predicted molar refractivity (Wildman–Crippen MR) is 84.7 cm³/mol. The molecule has 0 aliphatic heterocycles. The van der Waals surface area contributed by atoms with Crippen LogP contribution >= 0.6 is 11.6 Å². The Bertz CT molecular complexity index is 576. The van der Waals surface area contributed by atoms with Crippen molar-refractivity contribution in [1.29, 1.82) is 0 Å². The fourth-order valence-electron chi connectivity index (χ4n) is 2.03. The lowest BCUT2D eigenvalue weighted by atomic mass is 10.1. The smallest absolute Gasteiger partial charge is 0.207 e. The quantitative estimate of drug-likeness (QED) is 0.628. The summed E-state index contributed by atoms with van der Waals surface area (Å²) in [6.07, 6.45) is 1.52. The van der Waals surface area contributed by atoms with Gasteiger partial charge in [-0.15, -0.1) is 0 Å². The lowest BCUT2D eigenvalue weighted by Crippen LogP contribution is -2.14. The largest absolute Gasteiger partial charge is 0.489 e. The molecule has 0 fully saturated rings. The molecule has 1 amide bonds. The molecule has 2 aromatic carbocycles. The first-order chi connectivity index (χ1) is 10.2. The Morgan fingerprint density at radius 3 is 2.62 bits per heavy atom. The molecular formula is C17H18ClNO2. The van der Waals surface area contributed by atoms with Gasteiger partial charge in [0.15, 0.2) is 0 Å². The molecule has 0 aliphatic rings. The highest BCUT2D eigenvalue weighted by atomic mass is 35.5. The van der Waals surface area contributed by atoms with Crippen molar-refractivity contribution < 1.29 is 9.53 Å². The van der Waals surface area contributed by atoms with E-state index < -0.39 is 0 Å². The van der Waals surface area contributed by atoms with E-state index in [2.05, 4.69) is 5.32 Å². The van der Waals surface area contributed by atoms with Crippen LogP contribution in [0.4, 0.5) is 0 Å². The Morgan fingerprint density at radius 1 is 1.19 bits per heavy atom. The third-order valence-corrected chi connectivity index (χ3v) is 3.66. The average molecular weight is 304 g/mol. The molecule has 2 aromatic rings. The van der Waals surface area contributed by atoms with Gasteiger partial charge in [0.25, 0.3) is 0 Å². The minimum absolute atomic E-state index is 0.456. The highest BCUT2D eigenvalue weighted by Crippen LogP contribution is 2.22. The number of nitrogens with one attached hydrogen (secondary N) is 1. The number of hydrogen-bond acceptors (Lipinski definition) is 2. The van der Waals surface area contributed by atoms with E-state index in [0.717, 1.165) is 33.9 Å². The standard InChI is InChI=1S/C17H18ClNO2/c1-13-3-2-4-17(18)16(13)11-21-15-7-5-14(6-8-15)9-10-19-12-20/h2-8,12H,9-11H2,1H3,(H,19,20). The van der Waals surface area contributed by atoms with E-state index >= 15 is 0 Å². The highest BCUT2D eigenvalue weighted by molar-refractivity contribution is 6.31. The van der Waals surface area contributed by atoms with E-state index in [4.69, 9.17) is 16.3 Å². The number of amides is 1. The molecule has 0 unspecified atom stereocenters. The molecule has 0 aliphatic carbocycles. The molecule has 3 nitrogen and oxygen atoms in total. The van der Waals surface area contributed by atoms with Gasteiger partial charge in [0.1, 0.15) is 12.4 Å². The molecule has 1 N–H and O–H groups in total. The first kappa shape index (κ1) is 15.4. The van der Waals surface area contributed by atoms with Gasteiger partial charge in [0.05, 0.1) is 0 Å². The maximum Gasteiger partial charge on any atom is 0.207 e. The Morgan fingerprint density at radius 2 is 1.95 bits per heavy atom. The summed E-state index contributed by atoms with van der Waals surface area (Å²) in [5.41, 5.74) is 3.29. The van der Waals surface area contributed by atoms with Gasteiger partial charge >= 0.3 is 0 Å². The number of hydrogen-bond donors (Lipinski definition) is 1. The third kappa shape index (κ3) is 4.50. The lowest BCUT2D eigenvalue weighted by molar-refractivity contribution is -0.109. The molecule has 0 aromatic heterocycles. The van der Waals surface area contributed by atoms with Crippen LogP contribution in [0.1, 0.15) is 16.7 Å². The van der Waals surface area contributed by atoms with Crippen molar-refractivity contribution in [2.75, 3.05) is 6.54 Å². The van der Waals surface area contributed by atoms with Gasteiger partial charge in [-0.3, -0.25) is 4.79 Å². The van der Waals surface area contributed by atoms with E-state index in [0.29, 0.717) is 19.6 Å². The second kappa shape index (κ2) is 7.70. The molecule has 0 spiro atoms. The number of carbonyl (C=O) groups is 1. The van der Waals surface area contributed by atoms with Crippen LogP contribution < -0.4 is 10.1 Å². The SMILES string of the molecule is Cc1cccc(Cl)c1COc1ccc(CCNC=O)cc1. The van der Waals surface area contributed by atoms with Crippen LogP contribution in [0.5, 0.6) is 5.75 Å². The van der Waals surface area contributed by atoms with E-state index in [1.54, 1.807) is 0 Å². The number of carbonyl (C=O) groups excluding carboxylic acids is 1. The molecule has 4 heteroatoms. The van der Waals surface area contributed by atoms with Crippen LogP contribution in [0.3, 0.4) is 0 Å². The molecule has 0 radical (unpaired) electrons. The Balaban J connectivity index is 1.93. The molecule has 110 valence electrons. The number of ether oxygens (including phenoxy) is 1. The molecular weight excluding hydrogens is 286 g/mol. The molecule has 2 rings (SSSR count). The van der Waals surface area contributed by atoms with E-state index in [-0.39, 0.29) is 0 Å². The topological polar surface area (TPSA) is 38.3 Å². The fourth-order valence-corrected chi connectivity index (χ4v) is 2.31. The van der Waals surface area contributed by atoms with Gasteiger partial charge in [0, 0.05) is 17.1 Å². The summed E-state index contributed by atoms with van der Waals surface area (Å²) in [4.78, 5) is 10.2.